The maximum Gasteiger partial charge on any atom is 0.224 e. The summed E-state index contributed by atoms with van der Waals surface area (Å²) in [5, 5.41) is 6.17. The van der Waals surface area contributed by atoms with Gasteiger partial charge in [0.05, 0.1) is 12.8 Å². The van der Waals surface area contributed by atoms with Gasteiger partial charge in [-0.05, 0) is 19.1 Å². The molecule has 0 saturated heterocycles. The van der Waals surface area contributed by atoms with Crippen molar-refractivity contribution in [3.05, 3.63) is 36.0 Å². The van der Waals surface area contributed by atoms with Gasteiger partial charge in [-0.2, -0.15) is 4.98 Å². The number of para-hydroxylation sites is 2. The van der Waals surface area contributed by atoms with Gasteiger partial charge in [0, 0.05) is 18.8 Å². The van der Waals surface area contributed by atoms with Crippen molar-refractivity contribution in [3.63, 3.8) is 0 Å². The average molecular weight is 244 g/mol. The van der Waals surface area contributed by atoms with Gasteiger partial charge in [0.1, 0.15) is 11.6 Å². The van der Waals surface area contributed by atoms with E-state index < -0.39 is 0 Å². The topological polar surface area (TPSA) is 59.1 Å². The summed E-state index contributed by atoms with van der Waals surface area (Å²) in [5.74, 6) is 2.12. The maximum atomic E-state index is 5.29. The Morgan fingerprint density at radius 1 is 1.22 bits per heavy atom. The Kier molecular flexibility index (Phi) is 3.62. The molecule has 0 unspecified atom stereocenters. The molecule has 0 bridgehead atoms. The molecule has 2 rings (SSSR count). The highest BCUT2D eigenvalue weighted by Crippen LogP contribution is 2.27. The molecule has 5 nitrogen and oxygen atoms in total. The maximum absolute atomic E-state index is 5.29. The zero-order chi connectivity index (χ0) is 13.0. The minimum atomic E-state index is 0.581. The molecule has 5 heteroatoms. The first-order valence-electron chi connectivity index (χ1n) is 5.66. The summed E-state index contributed by atoms with van der Waals surface area (Å²) in [7, 11) is 3.43. The van der Waals surface area contributed by atoms with E-state index >= 15 is 0 Å². The SMILES string of the molecule is CNc1ncc(C)c(Nc2ccccc2OC)n1. The lowest BCUT2D eigenvalue weighted by atomic mass is 10.2. The Hall–Kier alpha value is -2.30. The number of ether oxygens (including phenoxy) is 1. The van der Waals surface area contributed by atoms with Gasteiger partial charge in [0.15, 0.2) is 0 Å². The van der Waals surface area contributed by atoms with Crippen LogP contribution < -0.4 is 15.4 Å². The molecule has 2 aromatic rings. The molecular weight excluding hydrogens is 228 g/mol. The van der Waals surface area contributed by atoms with E-state index in [2.05, 4.69) is 20.6 Å². The summed E-state index contributed by atoms with van der Waals surface area (Å²) in [4.78, 5) is 8.52. The van der Waals surface area contributed by atoms with Gasteiger partial charge in [0.2, 0.25) is 5.95 Å². The number of nitrogens with one attached hydrogen (secondary N) is 2. The van der Waals surface area contributed by atoms with Crippen molar-refractivity contribution < 1.29 is 4.74 Å². The quantitative estimate of drug-likeness (QED) is 0.865. The summed E-state index contributed by atoms with van der Waals surface area (Å²) < 4.78 is 5.29. The highest BCUT2D eigenvalue weighted by Gasteiger charge is 2.06. The van der Waals surface area contributed by atoms with Crippen molar-refractivity contribution in [2.24, 2.45) is 0 Å². The zero-order valence-electron chi connectivity index (χ0n) is 10.7. The standard InChI is InChI=1S/C13H16N4O/c1-9-8-15-13(14-2)17-12(9)16-10-6-4-5-7-11(10)18-3/h4-8H,1-3H3,(H2,14,15,16,17). The minimum absolute atomic E-state index is 0.581. The molecule has 0 atom stereocenters. The van der Waals surface area contributed by atoms with E-state index in [-0.39, 0.29) is 0 Å². The highest BCUT2D eigenvalue weighted by atomic mass is 16.5. The summed E-state index contributed by atoms with van der Waals surface area (Å²) in [6, 6.07) is 7.72. The molecule has 0 radical (unpaired) electrons. The molecule has 0 aliphatic heterocycles. The molecule has 1 heterocycles. The summed E-state index contributed by atoms with van der Waals surface area (Å²) in [6.07, 6.45) is 1.77. The normalized spacial score (nSPS) is 9.94. The van der Waals surface area contributed by atoms with Crippen LogP contribution in [0, 0.1) is 6.92 Å². The molecule has 94 valence electrons. The fourth-order valence-corrected chi connectivity index (χ4v) is 1.56. The van der Waals surface area contributed by atoms with Crippen molar-refractivity contribution in [1.82, 2.24) is 9.97 Å². The van der Waals surface area contributed by atoms with Crippen LogP contribution in [-0.4, -0.2) is 24.1 Å². The summed E-state index contributed by atoms with van der Waals surface area (Å²) in [5.41, 5.74) is 1.85. The Morgan fingerprint density at radius 2 is 2.00 bits per heavy atom. The van der Waals surface area contributed by atoms with Crippen molar-refractivity contribution in [1.29, 1.82) is 0 Å². The van der Waals surface area contributed by atoms with Crippen LogP contribution in [-0.2, 0) is 0 Å². The second-order valence-corrected chi connectivity index (χ2v) is 3.80. The van der Waals surface area contributed by atoms with Crippen LogP contribution in [0.2, 0.25) is 0 Å². The van der Waals surface area contributed by atoms with Gasteiger partial charge >= 0.3 is 0 Å². The third-order valence-electron chi connectivity index (χ3n) is 2.56. The molecule has 2 N–H and O–H groups in total. The van der Waals surface area contributed by atoms with Gasteiger partial charge in [0.25, 0.3) is 0 Å². The second-order valence-electron chi connectivity index (χ2n) is 3.80. The van der Waals surface area contributed by atoms with E-state index in [9.17, 15) is 0 Å². The fourth-order valence-electron chi connectivity index (χ4n) is 1.56. The van der Waals surface area contributed by atoms with Gasteiger partial charge in [-0.25, -0.2) is 4.98 Å². The predicted octanol–water partition coefficient (Wildman–Crippen LogP) is 2.58. The molecule has 0 aliphatic carbocycles. The number of nitrogens with zero attached hydrogens (tertiary/aromatic N) is 2. The lowest BCUT2D eigenvalue weighted by Crippen LogP contribution is -2.03. The largest absolute Gasteiger partial charge is 0.495 e. The third-order valence-corrected chi connectivity index (χ3v) is 2.56. The number of aromatic nitrogens is 2. The van der Waals surface area contributed by atoms with Crippen LogP contribution in [0.4, 0.5) is 17.5 Å². The third kappa shape index (κ3) is 2.51. The van der Waals surface area contributed by atoms with Crippen molar-refractivity contribution >= 4 is 17.5 Å². The minimum Gasteiger partial charge on any atom is -0.495 e. The number of hydrogen-bond acceptors (Lipinski definition) is 5. The highest BCUT2D eigenvalue weighted by molar-refractivity contribution is 5.66. The molecular formula is C13H16N4O. The van der Waals surface area contributed by atoms with Crippen LogP contribution in [0.15, 0.2) is 30.5 Å². The van der Waals surface area contributed by atoms with Crippen molar-refractivity contribution in [2.75, 3.05) is 24.8 Å². The van der Waals surface area contributed by atoms with Crippen LogP contribution in [0.25, 0.3) is 0 Å². The first kappa shape index (κ1) is 12.2. The summed E-state index contributed by atoms with van der Waals surface area (Å²) >= 11 is 0. The van der Waals surface area contributed by atoms with Crippen LogP contribution in [0.1, 0.15) is 5.56 Å². The van der Waals surface area contributed by atoms with Crippen LogP contribution in [0.5, 0.6) is 5.75 Å². The second kappa shape index (κ2) is 5.35. The van der Waals surface area contributed by atoms with Crippen molar-refractivity contribution in [3.8, 4) is 5.75 Å². The summed E-state index contributed by atoms with van der Waals surface area (Å²) in [6.45, 7) is 1.96. The molecule has 0 fully saturated rings. The number of rotatable bonds is 4. The van der Waals surface area contributed by atoms with E-state index in [4.69, 9.17) is 4.74 Å². The molecule has 0 spiro atoms. The Labute approximate surface area is 106 Å². The van der Waals surface area contributed by atoms with Crippen molar-refractivity contribution in [2.45, 2.75) is 6.92 Å². The van der Waals surface area contributed by atoms with E-state index in [1.54, 1.807) is 20.4 Å². The smallest absolute Gasteiger partial charge is 0.224 e. The van der Waals surface area contributed by atoms with Gasteiger partial charge < -0.3 is 15.4 Å². The number of anilines is 3. The van der Waals surface area contributed by atoms with Crippen LogP contribution >= 0.6 is 0 Å². The van der Waals surface area contributed by atoms with Gasteiger partial charge in [-0.15, -0.1) is 0 Å². The van der Waals surface area contributed by atoms with Crippen LogP contribution in [0.3, 0.4) is 0 Å². The lowest BCUT2D eigenvalue weighted by molar-refractivity contribution is 0.417. The number of methoxy groups -OCH3 is 1. The van der Waals surface area contributed by atoms with Gasteiger partial charge in [-0.3, -0.25) is 0 Å². The van der Waals surface area contributed by atoms with E-state index in [0.29, 0.717) is 5.95 Å². The predicted molar refractivity (Wildman–Crippen MR) is 72.6 cm³/mol. The molecule has 18 heavy (non-hydrogen) atoms. The first-order valence-corrected chi connectivity index (χ1v) is 5.66. The lowest BCUT2D eigenvalue weighted by Gasteiger charge is -2.12. The van der Waals surface area contributed by atoms with Gasteiger partial charge in [-0.1, -0.05) is 12.1 Å². The zero-order valence-corrected chi connectivity index (χ0v) is 10.7. The fraction of sp³-hybridized carbons (Fsp3) is 0.231. The number of hydrogen-bond donors (Lipinski definition) is 2. The Bertz CT molecular complexity index is 542. The molecule has 0 aliphatic rings. The monoisotopic (exact) mass is 244 g/mol. The van der Waals surface area contributed by atoms with E-state index in [1.807, 2.05) is 31.2 Å². The Morgan fingerprint density at radius 3 is 2.72 bits per heavy atom. The number of aryl methyl sites for hydroxylation is 1. The molecule has 1 aromatic heterocycles. The molecule has 0 saturated carbocycles. The Balaban J connectivity index is 2.33. The van der Waals surface area contributed by atoms with E-state index in [1.165, 1.54) is 0 Å². The van der Waals surface area contributed by atoms with E-state index in [0.717, 1.165) is 22.8 Å². The molecule has 0 amide bonds. The first-order chi connectivity index (χ1) is 8.74. The number of benzene rings is 1. The average Bonchev–Trinajstić information content (AvgIpc) is 2.42. The molecule has 1 aromatic carbocycles.